The first-order valence-corrected chi connectivity index (χ1v) is 11.6. The maximum Gasteiger partial charge on any atom is 0.243 e. The van der Waals surface area contributed by atoms with Gasteiger partial charge in [0.1, 0.15) is 11.8 Å². The molecule has 7 heteroatoms. The van der Waals surface area contributed by atoms with E-state index in [0.717, 1.165) is 29.0 Å². The number of methoxy groups -OCH3 is 1. The molecule has 0 unspecified atom stereocenters. The van der Waals surface area contributed by atoms with E-state index in [1.165, 1.54) is 0 Å². The Morgan fingerprint density at radius 3 is 2.58 bits per heavy atom. The summed E-state index contributed by atoms with van der Waals surface area (Å²) < 4.78 is 16.1. The van der Waals surface area contributed by atoms with Gasteiger partial charge in [-0.15, -0.1) is 0 Å². The summed E-state index contributed by atoms with van der Waals surface area (Å²) in [5.41, 5.74) is 1.91. The quantitative estimate of drug-likeness (QED) is 0.554. The van der Waals surface area contributed by atoms with Crippen LogP contribution in [0.4, 0.5) is 0 Å². The maximum absolute atomic E-state index is 13.4. The Morgan fingerprint density at radius 2 is 1.85 bits per heavy atom. The molecule has 0 fully saturated rings. The Hall–Kier alpha value is -3.22. The molecule has 1 heterocycles. The number of nitrogens with one attached hydrogen (secondary N) is 1. The first kappa shape index (κ1) is 24.4. The standard InChI is InChI=1S/C26H34N2O5/c1-5-18(3)27-26(30)22(6-2)28(16-20-8-7-9-21(14-20)31-4)25(29)13-11-19-10-12-23-24(15-19)33-17-32-23/h7-10,12,14-15,18,22H,5-6,11,13,16-17H2,1-4H3,(H,27,30)/t18-,22-/m0/s1. The zero-order valence-corrected chi connectivity index (χ0v) is 19.9. The van der Waals surface area contributed by atoms with Gasteiger partial charge >= 0.3 is 0 Å². The fraction of sp³-hybridized carbons (Fsp3) is 0.462. The second-order valence-corrected chi connectivity index (χ2v) is 8.30. The summed E-state index contributed by atoms with van der Waals surface area (Å²) in [4.78, 5) is 28.2. The number of hydrogen-bond acceptors (Lipinski definition) is 5. The lowest BCUT2D eigenvalue weighted by molar-refractivity contribution is -0.141. The van der Waals surface area contributed by atoms with Crippen molar-refractivity contribution in [2.45, 2.75) is 65.1 Å². The van der Waals surface area contributed by atoms with Crippen molar-refractivity contribution < 1.29 is 23.8 Å². The molecule has 0 radical (unpaired) electrons. The molecule has 2 aromatic carbocycles. The van der Waals surface area contributed by atoms with Crippen molar-refractivity contribution >= 4 is 11.8 Å². The van der Waals surface area contributed by atoms with Crippen LogP contribution < -0.4 is 19.5 Å². The number of nitrogens with zero attached hydrogens (tertiary/aromatic N) is 1. The predicted molar refractivity (Wildman–Crippen MR) is 126 cm³/mol. The Labute approximate surface area is 196 Å². The number of amides is 2. The van der Waals surface area contributed by atoms with Gasteiger partial charge in [0.15, 0.2) is 11.5 Å². The molecule has 7 nitrogen and oxygen atoms in total. The molecule has 1 N–H and O–H groups in total. The van der Waals surface area contributed by atoms with E-state index in [2.05, 4.69) is 5.32 Å². The molecule has 0 spiro atoms. The van der Waals surface area contributed by atoms with Crippen LogP contribution in [0.25, 0.3) is 0 Å². The Bertz CT molecular complexity index is 961. The number of fused-ring (bicyclic) bond motifs is 1. The van der Waals surface area contributed by atoms with Crippen LogP contribution in [0.5, 0.6) is 17.2 Å². The Balaban J connectivity index is 1.77. The van der Waals surface area contributed by atoms with Gasteiger partial charge in [-0.05, 0) is 61.6 Å². The highest BCUT2D eigenvalue weighted by Crippen LogP contribution is 2.33. The minimum atomic E-state index is -0.547. The van der Waals surface area contributed by atoms with Crippen molar-refractivity contribution in [1.29, 1.82) is 0 Å². The fourth-order valence-corrected chi connectivity index (χ4v) is 3.82. The van der Waals surface area contributed by atoms with Gasteiger partial charge in [-0.25, -0.2) is 0 Å². The highest BCUT2D eigenvalue weighted by molar-refractivity contribution is 5.88. The van der Waals surface area contributed by atoms with Gasteiger partial charge in [0.2, 0.25) is 18.6 Å². The van der Waals surface area contributed by atoms with Gasteiger partial charge in [-0.3, -0.25) is 9.59 Å². The number of benzene rings is 2. The summed E-state index contributed by atoms with van der Waals surface area (Å²) in [6.45, 7) is 6.48. The second kappa shape index (κ2) is 11.6. The summed E-state index contributed by atoms with van der Waals surface area (Å²) in [6.07, 6.45) is 2.20. The van der Waals surface area contributed by atoms with Gasteiger partial charge in [0, 0.05) is 19.0 Å². The van der Waals surface area contributed by atoms with Crippen LogP contribution in [-0.2, 0) is 22.6 Å². The van der Waals surface area contributed by atoms with Gasteiger partial charge < -0.3 is 24.4 Å². The van der Waals surface area contributed by atoms with Gasteiger partial charge in [-0.2, -0.15) is 0 Å². The van der Waals surface area contributed by atoms with E-state index in [-0.39, 0.29) is 31.1 Å². The van der Waals surface area contributed by atoms with Crippen molar-refractivity contribution in [2.75, 3.05) is 13.9 Å². The molecule has 178 valence electrons. The van der Waals surface area contributed by atoms with E-state index >= 15 is 0 Å². The Kier molecular flexibility index (Phi) is 8.58. The SMILES string of the molecule is CC[C@H](C)NC(=O)[C@H](CC)N(Cc1cccc(OC)c1)C(=O)CCc1ccc2c(c1)OCO2. The average Bonchev–Trinajstić information content (AvgIpc) is 3.30. The minimum Gasteiger partial charge on any atom is -0.497 e. The summed E-state index contributed by atoms with van der Waals surface area (Å²) in [5.74, 6) is 1.95. The number of rotatable bonds is 11. The zero-order valence-electron chi connectivity index (χ0n) is 19.9. The molecule has 0 saturated heterocycles. The van der Waals surface area contributed by atoms with Gasteiger partial charge in [0.05, 0.1) is 7.11 Å². The molecule has 33 heavy (non-hydrogen) atoms. The van der Waals surface area contributed by atoms with Gasteiger partial charge in [0.25, 0.3) is 0 Å². The summed E-state index contributed by atoms with van der Waals surface area (Å²) in [5, 5.41) is 3.04. The molecule has 1 aliphatic heterocycles. The summed E-state index contributed by atoms with van der Waals surface area (Å²) in [6, 6.07) is 12.8. The molecule has 2 aromatic rings. The summed E-state index contributed by atoms with van der Waals surface area (Å²) >= 11 is 0. The number of hydrogen-bond donors (Lipinski definition) is 1. The van der Waals surface area contributed by atoms with E-state index in [9.17, 15) is 9.59 Å². The van der Waals surface area contributed by atoms with Gasteiger partial charge in [-0.1, -0.05) is 32.0 Å². The third kappa shape index (κ3) is 6.40. The van der Waals surface area contributed by atoms with Crippen molar-refractivity contribution in [3.8, 4) is 17.2 Å². The number of aryl methyl sites for hydroxylation is 1. The van der Waals surface area contributed by atoms with Crippen LogP contribution in [0.3, 0.4) is 0 Å². The second-order valence-electron chi connectivity index (χ2n) is 8.30. The van der Waals surface area contributed by atoms with Crippen molar-refractivity contribution in [3.63, 3.8) is 0 Å². The van der Waals surface area contributed by atoms with Crippen LogP contribution in [-0.4, -0.2) is 42.7 Å². The molecule has 0 aliphatic carbocycles. The average molecular weight is 455 g/mol. The first-order chi connectivity index (χ1) is 15.9. The third-order valence-corrected chi connectivity index (χ3v) is 5.94. The first-order valence-electron chi connectivity index (χ1n) is 11.6. The molecular weight excluding hydrogens is 420 g/mol. The molecule has 0 saturated carbocycles. The van der Waals surface area contributed by atoms with Crippen molar-refractivity contribution in [1.82, 2.24) is 10.2 Å². The lowest BCUT2D eigenvalue weighted by Crippen LogP contribution is -2.50. The van der Waals surface area contributed by atoms with Crippen molar-refractivity contribution in [3.05, 3.63) is 53.6 Å². The van der Waals surface area contributed by atoms with Crippen LogP contribution in [0, 0.1) is 0 Å². The zero-order chi connectivity index (χ0) is 23.8. The highest BCUT2D eigenvalue weighted by Gasteiger charge is 2.29. The molecular formula is C26H34N2O5. The Morgan fingerprint density at radius 1 is 1.06 bits per heavy atom. The summed E-state index contributed by atoms with van der Waals surface area (Å²) in [7, 11) is 1.61. The topological polar surface area (TPSA) is 77.1 Å². The van der Waals surface area contributed by atoms with E-state index in [0.29, 0.717) is 25.1 Å². The van der Waals surface area contributed by atoms with Crippen LogP contribution in [0.1, 0.15) is 51.2 Å². The number of ether oxygens (including phenoxy) is 3. The highest BCUT2D eigenvalue weighted by atomic mass is 16.7. The number of carbonyl (C=O) groups excluding carboxylic acids is 2. The third-order valence-electron chi connectivity index (χ3n) is 5.94. The molecule has 0 aromatic heterocycles. The lowest BCUT2D eigenvalue weighted by atomic mass is 10.1. The van der Waals surface area contributed by atoms with E-state index in [4.69, 9.17) is 14.2 Å². The van der Waals surface area contributed by atoms with E-state index < -0.39 is 6.04 Å². The maximum atomic E-state index is 13.4. The monoisotopic (exact) mass is 454 g/mol. The normalized spacial score (nSPS) is 13.8. The van der Waals surface area contributed by atoms with Crippen molar-refractivity contribution in [2.24, 2.45) is 0 Å². The largest absolute Gasteiger partial charge is 0.497 e. The fourth-order valence-electron chi connectivity index (χ4n) is 3.82. The minimum absolute atomic E-state index is 0.0500. The molecule has 2 amide bonds. The van der Waals surface area contributed by atoms with Crippen LogP contribution in [0.2, 0.25) is 0 Å². The number of carbonyl (C=O) groups is 2. The van der Waals surface area contributed by atoms with Crippen LogP contribution >= 0.6 is 0 Å². The molecule has 1 aliphatic rings. The molecule has 3 rings (SSSR count). The molecule has 0 bridgehead atoms. The lowest BCUT2D eigenvalue weighted by Gasteiger charge is -2.31. The van der Waals surface area contributed by atoms with E-state index in [1.807, 2.05) is 63.2 Å². The van der Waals surface area contributed by atoms with E-state index in [1.54, 1.807) is 12.0 Å². The predicted octanol–water partition coefficient (Wildman–Crippen LogP) is 4.08. The smallest absolute Gasteiger partial charge is 0.243 e. The molecule has 2 atom stereocenters. The van der Waals surface area contributed by atoms with Crippen LogP contribution in [0.15, 0.2) is 42.5 Å².